The number of aromatic carboxylic acids is 1. The van der Waals surface area contributed by atoms with Crippen LogP contribution in [-0.2, 0) is 20.5 Å². The molecule has 1 heterocycles. The summed E-state index contributed by atoms with van der Waals surface area (Å²) in [6.45, 7) is 8.90. The molecular formula is C26H38BNO6. The van der Waals surface area contributed by atoms with E-state index in [4.69, 9.17) is 14.0 Å². The number of hydrogen-bond donors (Lipinski definition) is 2. The van der Waals surface area contributed by atoms with Gasteiger partial charge in [-0.15, -0.1) is 0 Å². The zero-order valence-corrected chi connectivity index (χ0v) is 21.1. The van der Waals surface area contributed by atoms with Gasteiger partial charge >= 0.3 is 13.1 Å². The molecule has 186 valence electrons. The highest BCUT2D eigenvalue weighted by atomic mass is 16.7. The van der Waals surface area contributed by atoms with E-state index in [9.17, 15) is 14.7 Å². The van der Waals surface area contributed by atoms with Gasteiger partial charge in [0.05, 0.1) is 24.8 Å². The van der Waals surface area contributed by atoms with E-state index in [0.29, 0.717) is 36.0 Å². The molecule has 8 heteroatoms. The Balaban J connectivity index is 1.58. The van der Waals surface area contributed by atoms with Gasteiger partial charge in [-0.2, -0.15) is 0 Å². The standard InChI is InChI=1S/C26H38BNO6/c1-6-7-8-12-22(29)28-21(13-16-10-9-11-18(24(30)31)23(16)32-5)27-33-20-15-17-14-19(25(17,2)3)26(20,4)34-27/h9-11,17,19-21H,6-8,12-15H2,1-5H3,(H,28,29)(H,30,31). The molecule has 4 fully saturated rings. The zero-order chi connectivity index (χ0) is 24.7. The number of unbranched alkanes of at least 4 members (excludes halogenated alkanes) is 2. The van der Waals surface area contributed by atoms with Crippen molar-refractivity contribution in [1.29, 1.82) is 0 Å². The minimum Gasteiger partial charge on any atom is -0.496 e. The van der Waals surface area contributed by atoms with Crippen LogP contribution in [-0.4, -0.2) is 48.9 Å². The molecule has 1 aliphatic heterocycles. The Hall–Kier alpha value is -2.06. The third kappa shape index (κ3) is 4.35. The highest BCUT2D eigenvalue weighted by Gasteiger charge is 2.68. The molecule has 34 heavy (non-hydrogen) atoms. The van der Waals surface area contributed by atoms with Crippen LogP contribution in [0.4, 0.5) is 0 Å². The molecule has 2 bridgehead atoms. The van der Waals surface area contributed by atoms with Gasteiger partial charge in [0.15, 0.2) is 0 Å². The fourth-order valence-electron chi connectivity index (χ4n) is 6.49. The monoisotopic (exact) mass is 471 g/mol. The number of rotatable bonds is 10. The Bertz CT molecular complexity index is 936. The van der Waals surface area contributed by atoms with Crippen molar-refractivity contribution < 1.29 is 28.7 Å². The van der Waals surface area contributed by atoms with E-state index in [-0.39, 0.29) is 28.6 Å². The summed E-state index contributed by atoms with van der Waals surface area (Å²) in [6.07, 6.45) is 5.80. The summed E-state index contributed by atoms with van der Waals surface area (Å²) in [7, 11) is 0.871. The highest BCUT2D eigenvalue weighted by Crippen LogP contribution is 2.65. The first-order valence-electron chi connectivity index (χ1n) is 12.6. The molecular weight excluding hydrogens is 433 g/mol. The van der Waals surface area contributed by atoms with Crippen molar-refractivity contribution >= 4 is 19.0 Å². The minimum atomic E-state index is -1.05. The average Bonchev–Trinajstić information content (AvgIpc) is 3.15. The van der Waals surface area contributed by atoms with Gasteiger partial charge in [-0.25, -0.2) is 4.79 Å². The molecule has 1 saturated heterocycles. The molecule has 7 nitrogen and oxygen atoms in total. The molecule has 5 rings (SSSR count). The van der Waals surface area contributed by atoms with Gasteiger partial charge in [0.25, 0.3) is 0 Å². The summed E-state index contributed by atoms with van der Waals surface area (Å²) in [5.74, 6) is -0.177. The molecule has 3 aliphatic carbocycles. The van der Waals surface area contributed by atoms with Crippen LogP contribution >= 0.6 is 0 Å². The van der Waals surface area contributed by atoms with Crippen molar-refractivity contribution in [2.75, 3.05) is 7.11 Å². The molecule has 1 aromatic carbocycles. The van der Waals surface area contributed by atoms with Gasteiger partial charge < -0.3 is 24.5 Å². The lowest BCUT2D eigenvalue weighted by atomic mass is 9.43. The van der Waals surface area contributed by atoms with Crippen LogP contribution in [0.2, 0.25) is 0 Å². The Morgan fingerprint density at radius 1 is 1.26 bits per heavy atom. The van der Waals surface area contributed by atoms with Gasteiger partial charge in [0, 0.05) is 6.42 Å². The van der Waals surface area contributed by atoms with Crippen LogP contribution in [0.1, 0.15) is 82.1 Å². The number of carbonyl (C=O) groups excluding carboxylic acids is 1. The normalized spacial score (nSPS) is 29.7. The van der Waals surface area contributed by atoms with Crippen LogP contribution in [0.3, 0.4) is 0 Å². The van der Waals surface area contributed by atoms with Gasteiger partial charge in [-0.1, -0.05) is 45.7 Å². The molecule has 0 aromatic heterocycles. The number of amides is 1. The molecule has 5 unspecified atom stereocenters. The molecule has 0 spiro atoms. The number of methoxy groups -OCH3 is 1. The van der Waals surface area contributed by atoms with E-state index in [1.165, 1.54) is 13.2 Å². The summed E-state index contributed by atoms with van der Waals surface area (Å²) in [5.41, 5.74) is 0.644. The second-order valence-corrected chi connectivity index (χ2v) is 11.0. The zero-order valence-electron chi connectivity index (χ0n) is 21.1. The van der Waals surface area contributed by atoms with Crippen LogP contribution in [0.5, 0.6) is 5.75 Å². The number of carbonyl (C=O) groups is 2. The predicted molar refractivity (Wildman–Crippen MR) is 130 cm³/mol. The third-order valence-electron chi connectivity index (χ3n) is 8.62. The van der Waals surface area contributed by atoms with Crippen molar-refractivity contribution in [1.82, 2.24) is 5.32 Å². The van der Waals surface area contributed by atoms with E-state index in [1.54, 1.807) is 6.07 Å². The fourth-order valence-corrected chi connectivity index (χ4v) is 6.49. The summed E-state index contributed by atoms with van der Waals surface area (Å²) in [6, 6.07) is 5.07. The smallest absolute Gasteiger partial charge is 0.482 e. The Morgan fingerprint density at radius 2 is 2.03 bits per heavy atom. The Morgan fingerprint density at radius 3 is 2.68 bits per heavy atom. The van der Waals surface area contributed by atoms with E-state index < -0.39 is 19.0 Å². The maximum Gasteiger partial charge on any atom is 0.482 e. The van der Waals surface area contributed by atoms with Crippen molar-refractivity contribution in [3.8, 4) is 5.75 Å². The third-order valence-corrected chi connectivity index (χ3v) is 8.62. The number of ether oxygens (including phenoxy) is 1. The molecule has 0 radical (unpaired) electrons. The summed E-state index contributed by atoms with van der Waals surface area (Å²) in [4.78, 5) is 24.5. The summed E-state index contributed by atoms with van der Waals surface area (Å²) >= 11 is 0. The van der Waals surface area contributed by atoms with Crippen LogP contribution in [0.15, 0.2) is 18.2 Å². The van der Waals surface area contributed by atoms with Crippen LogP contribution in [0.25, 0.3) is 0 Å². The Kier molecular flexibility index (Phi) is 7.03. The molecule has 2 N–H and O–H groups in total. The number of carboxylic acid groups (broad SMARTS) is 1. The first kappa shape index (κ1) is 25.1. The first-order valence-corrected chi connectivity index (χ1v) is 12.6. The van der Waals surface area contributed by atoms with Crippen LogP contribution < -0.4 is 10.1 Å². The van der Waals surface area contributed by atoms with Crippen molar-refractivity contribution in [2.24, 2.45) is 17.3 Å². The largest absolute Gasteiger partial charge is 0.496 e. The number of nitrogens with one attached hydrogen (secondary N) is 1. The maximum atomic E-state index is 12.8. The lowest BCUT2D eigenvalue weighted by Gasteiger charge is -2.64. The topological polar surface area (TPSA) is 94.1 Å². The van der Waals surface area contributed by atoms with Crippen molar-refractivity contribution in [3.63, 3.8) is 0 Å². The molecule has 1 aromatic rings. The van der Waals surface area contributed by atoms with Gasteiger partial charge in [0.2, 0.25) is 5.91 Å². The lowest BCUT2D eigenvalue weighted by Crippen LogP contribution is -2.65. The SMILES string of the molecule is CCCCCC(=O)NC(Cc1cccc(C(=O)O)c1OC)B1OC2CC3CC(C3(C)C)C2(C)O1. The van der Waals surface area contributed by atoms with E-state index in [2.05, 4.69) is 33.0 Å². The number of benzene rings is 1. The minimum absolute atomic E-state index is 0.000942. The second-order valence-electron chi connectivity index (χ2n) is 11.0. The van der Waals surface area contributed by atoms with E-state index in [1.807, 2.05) is 6.07 Å². The number of carboxylic acids is 1. The van der Waals surface area contributed by atoms with Crippen molar-refractivity contribution in [2.45, 2.75) is 90.3 Å². The predicted octanol–water partition coefficient (Wildman–Crippen LogP) is 4.27. The van der Waals surface area contributed by atoms with Crippen LogP contribution in [0, 0.1) is 17.3 Å². The van der Waals surface area contributed by atoms with Gasteiger partial charge in [-0.3, -0.25) is 4.79 Å². The summed E-state index contributed by atoms with van der Waals surface area (Å²) in [5, 5.41) is 12.7. The molecule has 3 saturated carbocycles. The second kappa shape index (κ2) is 9.54. The number of hydrogen-bond acceptors (Lipinski definition) is 5. The Labute approximate surface area is 203 Å². The molecule has 4 aliphatic rings. The van der Waals surface area contributed by atoms with Gasteiger partial charge in [-0.05, 0) is 61.5 Å². The van der Waals surface area contributed by atoms with E-state index in [0.717, 1.165) is 32.1 Å². The molecule has 1 amide bonds. The van der Waals surface area contributed by atoms with Crippen molar-refractivity contribution in [3.05, 3.63) is 29.3 Å². The maximum absolute atomic E-state index is 12.8. The van der Waals surface area contributed by atoms with E-state index >= 15 is 0 Å². The van der Waals surface area contributed by atoms with Gasteiger partial charge in [0.1, 0.15) is 11.3 Å². The quantitative estimate of drug-likeness (QED) is 0.391. The average molecular weight is 471 g/mol. The summed E-state index contributed by atoms with van der Waals surface area (Å²) < 4.78 is 18.6. The number of para-hydroxylation sites is 1. The fraction of sp³-hybridized carbons (Fsp3) is 0.692. The molecule has 5 atom stereocenters. The first-order chi connectivity index (χ1) is 16.1. The lowest BCUT2D eigenvalue weighted by molar-refractivity contribution is -0.199. The highest BCUT2D eigenvalue weighted by molar-refractivity contribution is 6.48.